The zero-order valence-corrected chi connectivity index (χ0v) is 28.2. The molecule has 0 saturated heterocycles. The van der Waals surface area contributed by atoms with Gasteiger partial charge in [-0.05, 0) is 108 Å². The first-order valence-electron chi connectivity index (χ1n) is 16.6. The molecule has 0 bridgehead atoms. The van der Waals surface area contributed by atoms with Crippen molar-refractivity contribution in [2.24, 2.45) is 0 Å². The molecule has 0 fully saturated rings. The molecule has 0 aromatic heterocycles. The van der Waals surface area contributed by atoms with Gasteiger partial charge < -0.3 is 4.57 Å². The average molecular weight is 661 g/mol. The maximum atomic E-state index is 15.5. The first kappa shape index (κ1) is 28.6. The van der Waals surface area contributed by atoms with Gasteiger partial charge in [0.1, 0.15) is 0 Å². The first-order chi connectivity index (χ1) is 24.1. The van der Waals surface area contributed by atoms with Crippen molar-refractivity contribution >= 4 is 77.9 Å². The molecule has 1 nitrogen and oxygen atoms in total. The highest BCUT2D eigenvalue weighted by Gasteiger charge is 2.38. The van der Waals surface area contributed by atoms with Crippen LogP contribution in [0.4, 0.5) is 0 Å². The van der Waals surface area contributed by atoms with E-state index in [9.17, 15) is 0 Å². The predicted octanol–water partition coefficient (Wildman–Crippen LogP) is 11.7. The minimum absolute atomic E-state index is 0.881. The summed E-state index contributed by atoms with van der Waals surface area (Å²) in [6.45, 7) is 0. The van der Waals surface area contributed by atoms with Crippen LogP contribution in [0.15, 0.2) is 186 Å². The van der Waals surface area contributed by atoms with E-state index in [1.54, 1.807) is 11.8 Å². The number of hydrogen-bond acceptors (Lipinski definition) is 2. The summed E-state index contributed by atoms with van der Waals surface area (Å²) in [5.41, 5.74) is 4.63. The highest BCUT2D eigenvalue weighted by Crippen LogP contribution is 2.53. The lowest BCUT2D eigenvalue weighted by atomic mass is 9.91. The van der Waals surface area contributed by atoms with Crippen molar-refractivity contribution in [3.05, 3.63) is 176 Å². The Labute approximate surface area is 289 Å². The molecule has 1 aliphatic rings. The molecule has 9 aromatic carbocycles. The second-order valence-corrected chi connectivity index (χ2v) is 16.6. The van der Waals surface area contributed by atoms with Gasteiger partial charge in [-0.2, -0.15) is 0 Å². The molecular formula is C46H29OPS. The van der Waals surface area contributed by atoms with Gasteiger partial charge in [-0.1, -0.05) is 145 Å². The van der Waals surface area contributed by atoms with Gasteiger partial charge in [-0.15, -0.1) is 0 Å². The molecule has 0 spiro atoms. The molecule has 1 aliphatic heterocycles. The van der Waals surface area contributed by atoms with Gasteiger partial charge in [0.2, 0.25) is 0 Å². The summed E-state index contributed by atoms with van der Waals surface area (Å²) in [7, 11) is -3.10. The Morgan fingerprint density at radius 1 is 0.347 bits per heavy atom. The second kappa shape index (κ2) is 11.1. The summed E-state index contributed by atoms with van der Waals surface area (Å²) in [6, 6.07) is 62.5. The molecule has 1 atom stereocenters. The van der Waals surface area contributed by atoms with Crippen molar-refractivity contribution in [1.29, 1.82) is 0 Å². The fourth-order valence-corrected chi connectivity index (χ4v) is 12.4. The van der Waals surface area contributed by atoms with Crippen LogP contribution >= 0.6 is 18.9 Å². The average Bonchev–Trinajstić information content (AvgIpc) is 3.17. The Morgan fingerprint density at radius 3 is 1.65 bits per heavy atom. The molecule has 1 heterocycles. The molecule has 3 heteroatoms. The molecule has 0 amide bonds. The Bertz CT molecular complexity index is 2820. The van der Waals surface area contributed by atoms with Crippen LogP contribution < -0.4 is 15.9 Å². The third-order valence-corrected chi connectivity index (χ3v) is 14.7. The summed E-state index contributed by atoms with van der Waals surface area (Å²) in [6.07, 6.45) is 0. The third-order valence-electron chi connectivity index (χ3n) is 10.1. The lowest BCUT2D eigenvalue weighted by Crippen LogP contribution is -2.30. The molecule has 49 heavy (non-hydrogen) atoms. The predicted molar refractivity (Wildman–Crippen MR) is 211 cm³/mol. The Hall–Kier alpha value is -5.40. The molecule has 10 rings (SSSR count). The van der Waals surface area contributed by atoms with Gasteiger partial charge in [-0.25, -0.2) is 0 Å². The minimum Gasteiger partial charge on any atom is -0.309 e. The minimum atomic E-state index is -3.10. The maximum absolute atomic E-state index is 15.5. The SMILES string of the molecule is O=P1(c2ccc3ccccc3c2)c2ccccc2Sc2cc(-c3cccc(-c4ccc5c6ccccc6c6ccccc6c5c4)c3)ccc21. The van der Waals surface area contributed by atoms with Crippen LogP contribution in [0.3, 0.4) is 0 Å². The monoisotopic (exact) mass is 660 g/mol. The van der Waals surface area contributed by atoms with E-state index in [1.807, 2.05) is 30.3 Å². The van der Waals surface area contributed by atoms with Crippen LogP contribution in [0.25, 0.3) is 65.3 Å². The van der Waals surface area contributed by atoms with Crippen LogP contribution in [0, 0.1) is 0 Å². The van der Waals surface area contributed by atoms with E-state index < -0.39 is 7.14 Å². The fraction of sp³-hybridized carbons (Fsp3) is 0. The smallest absolute Gasteiger partial charge is 0.173 e. The van der Waals surface area contributed by atoms with E-state index >= 15 is 4.57 Å². The van der Waals surface area contributed by atoms with Crippen LogP contribution in [-0.2, 0) is 4.57 Å². The van der Waals surface area contributed by atoms with Gasteiger partial charge >= 0.3 is 0 Å². The van der Waals surface area contributed by atoms with Crippen molar-refractivity contribution in [2.75, 3.05) is 0 Å². The van der Waals surface area contributed by atoms with Crippen molar-refractivity contribution in [2.45, 2.75) is 9.79 Å². The van der Waals surface area contributed by atoms with E-state index in [1.165, 1.54) is 43.4 Å². The van der Waals surface area contributed by atoms with Crippen LogP contribution in [0.1, 0.15) is 0 Å². The number of rotatable bonds is 3. The molecule has 0 N–H and O–H groups in total. The Kier molecular flexibility index (Phi) is 6.46. The largest absolute Gasteiger partial charge is 0.309 e. The summed E-state index contributed by atoms with van der Waals surface area (Å²) < 4.78 is 15.5. The van der Waals surface area contributed by atoms with Gasteiger partial charge in [0.05, 0.1) is 0 Å². The topological polar surface area (TPSA) is 17.1 Å². The van der Waals surface area contributed by atoms with E-state index in [-0.39, 0.29) is 0 Å². The summed E-state index contributed by atoms with van der Waals surface area (Å²) in [5, 5.41) is 12.7. The maximum Gasteiger partial charge on any atom is 0.173 e. The quantitative estimate of drug-likeness (QED) is 0.139. The summed E-state index contributed by atoms with van der Waals surface area (Å²) in [5.74, 6) is 0. The first-order valence-corrected chi connectivity index (χ1v) is 19.1. The number of benzene rings is 9. The molecule has 0 aliphatic carbocycles. The summed E-state index contributed by atoms with van der Waals surface area (Å²) in [4.78, 5) is 2.12. The Balaban J connectivity index is 1.09. The molecular weight excluding hydrogens is 632 g/mol. The van der Waals surface area contributed by atoms with Crippen molar-refractivity contribution in [3.8, 4) is 22.3 Å². The second-order valence-electron chi connectivity index (χ2n) is 12.8. The number of fused-ring (bicyclic) bond motifs is 9. The van der Waals surface area contributed by atoms with Crippen LogP contribution in [-0.4, -0.2) is 0 Å². The zero-order valence-electron chi connectivity index (χ0n) is 26.5. The highest BCUT2D eigenvalue weighted by molar-refractivity contribution is 8.02. The molecule has 230 valence electrons. The van der Waals surface area contributed by atoms with Crippen molar-refractivity contribution < 1.29 is 4.57 Å². The molecule has 1 unspecified atom stereocenters. The van der Waals surface area contributed by atoms with Gasteiger partial charge in [-0.3, -0.25) is 0 Å². The van der Waals surface area contributed by atoms with E-state index in [2.05, 4.69) is 146 Å². The molecule has 0 saturated carbocycles. The van der Waals surface area contributed by atoms with Crippen LogP contribution in [0.5, 0.6) is 0 Å². The molecule has 9 aromatic rings. The fourth-order valence-electron chi connectivity index (χ4n) is 7.70. The van der Waals surface area contributed by atoms with Gasteiger partial charge in [0.25, 0.3) is 0 Å². The highest BCUT2D eigenvalue weighted by atomic mass is 32.2. The standard InChI is InChI=1S/C46H29OPS/c47-48(36-23-20-30-10-1-2-11-33(30)27-36)43-18-7-8-19-45(43)49-46-29-35(22-25-44(46)48)32-13-9-12-31(26-32)34-21-24-41-39-16-4-3-14-37(39)38-15-5-6-17-40(38)42(41)28-34/h1-29H. The van der Waals surface area contributed by atoms with Crippen LogP contribution in [0.2, 0.25) is 0 Å². The lowest BCUT2D eigenvalue weighted by molar-refractivity contribution is 0.592. The normalized spacial score (nSPS) is 15.4. The summed E-state index contributed by atoms with van der Waals surface area (Å²) >= 11 is 1.72. The van der Waals surface area contributed by atoms with E-state index in [4.69, 9.17) is 0 Å². The van der Waals surface area contributed by atoms with Crippen molar-refractivity contribution in [3.63, 3.8) is 0 Å². The van der Waals surface area contributed by atoms with E-state index in [0.29, 0.717) is 0 Å². The lowest BCUT2D eigenvalue weighted by Gasteiger charge is -2.29. The van der Waals surface area contributed by atoms with Gasteiger partial charge in [0, 0.05) is 25.7 Å². The zero-order chi connectivity index (χ0) is 32.5. The molecule has 0 radical (unpaired) electrons. The number of hydrogen-bond donors (Lipinski definition) is 0. The van der Waals surface area contributed by atoms with Gasteiger partial charge in [0.15, 0.2) is 7.14 Å². The Morgan fingerprint density at radius 2 is 0.898 bits per heavy atom. The third kappa shape index (κ3) is 4.45. The van der Waals surface area contributed by atoms with E-state index in [0.717, 1.165) is 47.6 Å². The van der Waals surface area contributed by atoms with Crippen molar-refractivity contribution in [1.82, 2.24) is 0 Å².